The summed E-state index contributed by atoms with van der Waals surface area (Å²) >= 11 is 0. The van der Waals surface area contributed by atoms with Crippen molar-refractivity contribution in [1.29, 1.82) is 0 Å². The summed E-state index contributed by atoms with van der Waals surface area (Å²) in [5, 5.41) is 0.909. The third kappa shape index (κ3) is 5.93. The van der Waals surface area contributed by atoms with E-state index in [9.17, 15) is 14.4 Å². The van der Waals surface area contributed by atoms with Crippen LogP contribution in [0.4, 0.5) is 4.79 Å². The molecule has 1 amide bonds. The van der Waals surface area contributed by atoms with Crippen LogP contribution in [-0.4, -0.2) is 71.8 Å². The van der Waals surface area contributed by atoms with Gasteiger partial charge in [-0.15, -0.1) is 0 Å². The molecule has 1 atom stereocenters. The molecule has 1 aliphatic heterocycles. The number of ether oxygens (including phenoxy) is 3. The second-order valence-electron chi connectivity index (χ2n) is 10.9. The van der Waals surface area contributed by atoms with Crippen LogP contribution in [0.2, 0.25) is 0 Å². The van der Waals surface area contributed by atoms with Crippen LogP contribution in [0.5, 0.6) is 5.75 Å². The highest BCUT2D eigenvalue weighted by Gasteiger charge is 2.31. The molecule has 0 aliphatic carbocycles. The fourth-order valence-corrected chi connectivity index (χ4v) is 5.15. The fourth-order valence-electron chi connectivity index (χ4n) is 5.15. The van der Waals surface area contributed by atoms with Crippen molar-refractivity contribution in [3.63, 3.8) is 0 Å². The van der Waals surface area contributed by atoms with Gasteiger partial charge in [0.15, 0.2) is 0 Å². The summed E-state index contributed by atoms with van der Waals surface area (Å²) in [4.78, 5) is 41.4. The van der Waals surface area contributed by atoms with Gasteiger partial charge in [-0.1, -0.05) is 12.1 Å². The van der Waals surface area contributed by atoms with Crippen LogP contribution < -0.4 is 4.74 Å². The monoisotopic (exact) mass is 535 g/mol. The number of carbonyl (C=O) groups is 3. The Balaban J connectivity index is 1.74. The van der Waals surface area contributed by atoms with Gasteiger partial charge in [-0.25, -0.2) is 9.59 Å². The summed E-state index contributed by atoms with van der Waals surface area (Å²) < 4.78 is 17.9. The molecule has 0 N–H and O–H groups in total. The lowest BCUT2D eigenvalue weighted by Crippen LogP contribution is -2.49. The summed E-state index contributed by atoms with van der Waals surface area (Å²) in [6.07, 6.45) is 1.31. The molecule has 0 saturated carbocycles. The zero-order valence-electron chi connectivity index (χ0n) is 23.7. The molecule has 4 rings (SSSR count). The number of aryl methyl sites for hydroxylation is 1. The highest BCUT2D eigenvalue weighted by Crippen LogP contribution is 2.36. The maximum atomic E-state index is 13.0. The van der Waals surface area contributed by atoms with E-state index in [1.54, 1.807) is 36.9 Å². The molecule has 2 aromatic carbocycles. The van der Waals surface area contributed by atoms with E-state index in [0.717, 1.165) is 33.3 Å². The largest absolute Gasteiger partial charge is 0.496 e. The van der Waals surface area contributed by atoms with Crippen LogP contribution in [0.1, 0.15) is 60.8 Å². The minimum absolute atomic E-state index is 0.0237. The standard InChI is InChI=1S/C30H37N3O6/c1-19-16-26(37-6)24(23-12-13-33(27(19)23)29(36)39-30(3,4)5)17-32-15-14-31(20(2)34)18-25(32)21-8-10-22(11-9-21)28(35)38-7/h8-13,16,25H,14-15,17-18H2,1-7H3. The Kier molecular flexibility index (Phi) is 8.02. The van der Waals surface area contributed by atoms with Crippen LogP contribution in [0.3, 0.4) is 0 Å². The third-order valence-electron chi connectivity index (χ3n) is 7.05. The van der Waals surface area contributed by atoms with Crippen LogP contribution in [0, 0.1) is 6.92 Å². The molecule has 39 heavy (non-hydrogen) atoms. The maximum Gasteiger partial charge on any atom is 0.419 e. The van der Waals surface area contributed by atoms with Crippen LogP contribution in [0.25, 0.3) is 10.9 Å². The van der Waals surface area contributed by atoms with Gasteiger partial charge < -0.3 is 19.1 Å². The van der Waals surface area contributed by atoms with E-state index in [2.05, 4.69) is 4.90 Å². The van der Waals surface area contributed by atoms with Gasteiger partial charge in [0.1, 0.15) is 11.4 Å². The number of rotatable bonds is 5. The number of aromatic nitrogens is 1. The van der Waals surface area contributed by atoms with E-state index in [-0.39, 0.29) is 11.9 Å². The first-order chi connectivity index (χ1) is 18.4. The van der Waals surface area contributed by atoms with E-state index in [1.807, 2.05) is 56.9 Å². The van der Waals surface area contributed by atoms with Crippen LogP contribution in [-0.2, 0) is 20.8 Å². The molecular formula is C30H37N3O6. The van der Waals surface area contributed by atoms with Crippen LogP contribution in [0.15, 0.2) is 42.6 Å². The average Bonchev–Trinajstić information content (AvgIpc) is 3.35. The number of benzene rings is 2. The van der Waals surface area contributed by atoms with Gasteiger partial charge in [-0.3, -0.25) is 14.3 Å². The number of methoxy groups -OCH3 is 2. The van der Waals surface area contributed by atoms with Gasteiger partial charge in [0.05, 0.1) is 31.3 Å². The molecule has 1 saturated heterocycles. The van der Waals surface area contributed by atoms with Gasteiger partial charge in [-0.05, 0) is 63.1 Å². The first-order valence-electron chi connectivity index (χ1n) is 13.0. The maximum absolute atomic E-state index is 13.0. The van der Waals surface area contributed by atoms with E-state index in [4.69, 9.17) is 14.2 Å². The lowest BCUT2D eigenvalue weighted by Gasteiger charge is -2.41. The molecule has 1 aromatic heterocycles. The number of amides is 1. The molecule has 3 aromatic rings. The number of piperazine rings is 1. The number of esters is 1. The SMILES string of the molecule is COC(=O)c1ccc(C2CN(C(C)=O)CCN2Cc2c(OC)cc(C)c3c2ccn3C(=O)OC(C)(C)C)cc1. The topological polar surface area (TPSA) is 90.3 Å². The number of nitrogens with zero attached hydrogens (tertiary/aromatic N) is 3. The molecule has 1 aliphatic rings. The number of hydrogen-bond acceptors (Lipinski definition) is 7. The van der Waals surface area contributed by atoms with Crippen molar-refractivity contribution in [3.8, 4) is 5.75 Å². The van der Waals surface area contributed by atoms with Gasteiger partial charge >= 0.3 is 12.1 Å². The van der Waals surface area contributed by atoms with Crippen molar-refractivity contribution in [3.05, 3.63) is 64.8 Å². The Hall–Kier alpha value is -3.85. The summed E-state index contributed by atoms with van der Waals surface area (Å²) in [6, 6.07) is 11.1. The Morgan fingerprint density at radius 1 is 1.03 bits per heavy atom. The Bertz CT molecular complexity index is 1390. The minimum Gasteiger partial charge on any atom is -0.496 e. The average molecular weight is 536 g/mol. The zero-order chi connectivity index (χ0) is 28.5. The van der Waals surface area contributed by atoms with E-state index >= 15 is 0 Å². The number of fused-ring (bicyclic) bond motifs is 1. The molecule has 0 spiro atoms. The van der Waals surface area contributed by atoms with Gasteiger partial charge in [0.25, 0.3) is 0 Å². The van der Waals surface area contributed by atoms with Crippen molar-refractivity contribution in [1.82, 2.24) is 14.4 Å². The second-order valence-corrected chi connectivity index (χ2v) is 10.9. The molecule has 2 heterocycles. The van der Waals surface area contributed by atoms with E-state index in [0.29, 0.717) is 31.7 Å². The molecule has 1 fully saturated rings. The summed E-state index contributed by atoms with van der Waals surface area (Å²) in [7, 11) is 3.00. The van der Waals surface area contributed by atoms with Crippen molar-refractivity contribution < 1.29 is 28.6 Å². The van der Waals surface area contributed by atoms with Crippen molar-refractivity contribution >= 4 is 28.9 Å². The summed E-state index contributed by atoms with van der Waals surface area (Å²) in [5.41, 5.74) is 3.47. The Labute approximate surface area is 229 Å². The summed E-state index contributed by atoms with van der Waals surface area (Å²) in [5.74, 6) is 0.361. The molecule has 208 valence electrons. The molecule has 0 bridgehead atoms. The number of carbonyl (C=O) groups excluding carboxylic acids is 3. The first-order valence-corrected chi connectivity index (χ1v) is 13.0. The Morgan fingerprint density at radius 3 is 2.31 bits per heavy atom. The van der Waals surface area contributed by atoms with E-state index in [1.165, 1.54) is 7.11 Å². The van der Waals surface area contributed by atoms with Gasteiger partial charge in [0, 0.05) is 50.2 Å². The molecule has 0 radical (unpaired) electrons. The van der Waals surface area contributed by atoms with Crippen LogP contribution >= 0.6 is 0 Å². The third-order valence-corrected chi connectivity index (χ3v) is 7.05. The predicted octanol–water partition coefficient (Wildman–Crippen LogP) is 4.93. The molecule has 9 heteroatoms. The lowest BCUT2D eigenvalue weighted by atomic mass is 9.98. The van der Waals surface area contributed by atoms with Gasteiger partial charge in [0.2, 0.25) is 5.91 Å². The normalized spacial score (nSPS) is 16.3. The zero-order valence-corrected chi connectivity index (χ0v) is 23.7. The predicted molar refractivity (Wildman–Crippen MR) is 148 cm³/mol. The molecule has 9 nitrogen and oxygen atoms in total. The number of hydrogen-bond donors (Lipinski definition) is 0. The Morgan fingerprint density at radius 2 is 1.72 bits per heavy atom. The smallest absolute Gasteiger partial charge is 0.419 e. The van der Waals surface area contributed by atoms with Crippen molar-refractivity contribution in [2.75, 3.05) is 33.9 Å². The lowest BCUT2D eigenvalue weighted by molar-refractivity contribution is -0.132. The quantitative estimate of drug-likeness (QED) is 0.428. The second kappa shape index (κ2) is 11.1. The van der Waals surface area contributed by atoms with Gasteiger partial charge in [-0.2, -0.15) is 0 Å². The highest BCUT2D eigenvalue weighted by atomic mass is 16.6. The van der Waals surface area contributed by atoms with Crippen molar-refractivity contribution in [2.45, 2.75) is 52.8 Å². The minimum atomic E-state index is -0.621. The van der Waals surface area contributed by atoms with Crippen molar-refractivity contribution in [2.24, 2.45) is 0 Å². The molecular weight excluding hydrogens is 498 g/mol. The van der Waals surface area contributed by atoms with E-state index < -0.39 is 17.7 Å². The first kappa shape index (κ1) is 28.2. The molecule has 1 unspecified atom stereocenters. The highest BCUT2D eigenvalue weighted by molar-refractivity contribution is 5.95. The fraction of sp³-hybridized carbons (Fsp3) is 0.433. The summed E-state index contributed by atoms with van der Waals surface area (Å²) in [6.45, 7) is 11.4.